The van der Waals surface area contributed by atoms with Crippen molar-refractivity contribution in [2.24, 2.45) is 0 Å². The fourth-order valence-corrected chi connectivity index (χ4v) is 3.45. The summed E-state index contributed by atoms with van der Waals surface area (Å²) in [7, 11) is 1.60. The summed E-state index contributed by atoms with van der Waals surface area (Å²) in [5, 5.41) is 16.6. The number of carbonyl (C=O) groups is 1. The van der Waals surface area contributed by atoms with E-state index in [-0.39, 0.29) is 18.2 Å². The van der Waals surface area contributed by atoms with Crippen molar-refractivity contribution in [3.8, 4) is 11.1 Å². The maximum absolute atomic E-state index is 12.8. The maximum Gasteiger partial charge on any atom is 0.278 e. The van der Waals surface area contributed by atoms with Crippen LogP contribution in [0.4, 0.5) is 5.69 Å². The molecule has 2 aromatic heterocycles. The van der Waals surface area contributed by atoms with Crippen molar-refractivity contribution >= 4 is 28.8 Å². The molecule has 0 radical (unpaired) electrons. The van der Waals surface area contributed by atoms with Crippen LogP contribution in [0.5, 0.6) is 0 Å². The van der Waals surface area contributed by atoms with E-state index in [1.54, 1.807) is 24.6 Å². The molecule has 0 aliphatic rings. The Bertz CT molecular complexity index is 1230. The third-order valence-corrected chi connectivity index (χ3v) is 4.99. The molecule has 1 N–H and O–H groups in total. The van der Waals surface area contributed by atoms with Gasteiger partial charge in [-0.2, -0.15) is 5.10 Å². The number of rotatable bonds is 5. The van der Waals surface area contributed by atoms with Crippen LogP contribution in [0.1, 0.15) is 27.4 Å². The summed E-state index contributed by atoms with van der Waals surface area (Å²) < 4.78 is 6.95. The van der Waals surface area contributed by atoms with Gasteiger partial charge >= 0.3 is 0 Å². The second-order valence-electron chi connectivity index (χ2n) is 6.95. The zero-order valence-electron chi connectivity index (χ0n) is 16.8. The van der Waals surface area contributed by atoms with Gasteiger partial charge in [0.1, 0.15) is 0 Å². The van der Waals surface area contributed by atoms with Crippen molar-refractivity contribution < 1.29 is 9.53 Å². The summed E-state index contributed by atoms with van der Waals surface area (Å²) in [5.41, 5.74) is 5.44. The summed E-state index contributed by atoms with van der Waals surface area (Å²) in [5.74, 6) is -0.348. The first-order valence-corrected chi connectivity index (χ1v) is 9.73. The molecule has 0 aliphatic carbocycles. The van der Waals surface area contributed by atoms with E-state index < -0.39 is 0 Å². The monoisotopic (exact) mass is 421 g/mol. The second-order valence-corrected chi connectivity index (χ2v) is 7.39. The van der Waals surface area contributed by atoms with E-state index in [9.17, 15) is 4.79 Å². The number of fused-ring (bicyclic) bond motifs is 1. The Balaban J connectivity index is 1.79. The number of aryl methyl sites for hydroxylation is 2. The number of anilines is 1. The van der Waals surface area contributed by atoms with E-state index >= 15 is 0 Å². The molecule has 0 bridgehead atoms. The van der Waals surface area contributed by atoms with Gasteiger partial charge in [0.2, 0.25) is 0 Å². The molecule has 152 valence electrons. The molecule has 30 heavy (non-hydrogen) atoms. The van der Waals surface area contributed by atoms with E-state index in [0.29, 0.717) is 27.7 Å². The van der Waals surface area contributed by atoms with Gasteiger partial charge in [-0.1, -0.05) is 41.4 Å². The van der Waals surface area contributed by atoms with Crippen molar-refractivity contribution in [1.82, 2.24) is 19.8 Å². The van der Waals surface area contributed by atoms with Crippen LogP contribution in [0.25, 0.3) is 16.8 Å². The molecule has 0 aliphatic heterocycles. The number of methoxy groups -OCH3 is 1. The molecule has 2 heterocycles. The molecule has 8 heteroatoms. The molecule has 7 nitrogen and oxygen atoms in total. The molecule has 0 fully saturated rings. The lowest BCUT2D eigenvalue weighted by molar-refractivity contribution is 0.102. The smallest absolute Gasteiger partial charge is 0.278 e. The van der Waals surface area contributed by atoms with Crippen LogP contribution in [0.2, 0.25) is 5.02 Å². The Morgan fingerprint density at radius 1 is 1.13 bits per heavy atom. The lowest BCUT2D eigenvalue weighted by Gasteiger charge is -2.08. The molecule has 0 atom stereocenters. The number of aromatic nitrogens is 4. The Morgan fingerprint density at radius 2 is 1.90 bits per heavy atom. The SMILES string of the molecule is COCc1nn2c(C)c(C(=O)Nc3ccc(C)cc3)nnc2c1-c1cccc(Cl)c1. The minimum absolute atomic E-state index is 0.201. The molecule has 4 rings (SSSR count). The number of ether oxygens (including phenoxy) is 1. The van der Waals surface area contributed by atoms with E-state index in [1.807, 2.05) is 49.4 Å². The van der Waals surface area contributed by atoms with Gasteiger partial charge in [-0.25, -0.2) is 4.52 Å². The quantitative estimate of drug-likeness (QED) is 0.514. The van der Waals surface area contributed by atoms with Crippen molar-refractivity contribution in [2.75, 3.05) is 12.4 Å². The zero-order valence-corrected chi connectivity index (χ0v) is 17.6. The predicted molar refractivity (Wildman–Crippen MR) is 116 cm³/mol. The Morgan fingerprint density at radius 3 is 2.60 bits per heavy atom. The fourth-order valence-electron chi connectivity index (χ4n) is 3.26. The van der Waals surface area contributed by atoms with Crippen LogP contribution >= 0.6 is 11.6 Å². The highest BCUT2D eigenvalue weighted by Crippen LogP contribution is 2.30. The highest BCUT2D eigenvalue weighted by Gasteiger charge is 2.22. The maximum atomic E-state index is 12.8. The van der Waals surface area contributed by atoms with Crippen molar-refractivity contribution in [2.45, 2.75) is 20.5 Å². The minimum atomic E-state index is -0.348. The molecule has 0 spiro atoms. The average molecular weight is 422 g/mol. The van der Waals surface area contributed by atoms with Crippen LogP contribution in [-0.2, 0) is 11.3 Å². The first-order valence-electron chi connectivity index (χ1n) is 9.35. The summed E-state index contributed by atoms with van der Waals surface area (Å²) >= 11 is 6.18. The number of hydrogen-bond acceptors (Lipinski definition) is 5. The van der Waals surface area contributed by atoms with Crippen LogP contribution in [-0.4, -0.2) is 32.8 Å². The van der Waals surface area contributed by atoms with E-state index in [2.05, 4.69) is 20.6 Å². The van der Waals surface area contributed by atoms with Gasteiger partial charge in [-0.15, -0.1) is 10.2 Å². The van der Waals surface area contributed by atoms with Gasteiger partial charge < -0.3 is 10.1 Å². The number of benzene rings is 2. The third kappa shape index (κ3) is 3.77. The van der Waals surface area contributed by atoms with Crippen molar-refractivity contribution in [1.29, 1.82) is 0 Å². The number of nitrogens with one attached hydrogen (secondary N) is 1. The molecule has 0 saturated carbocycles. The van der Waals surface area contributed by atoms with Crippen LogP contribution in [0.15, 0.2) is 48.5 Å². The number of carbonyl (C=O) groups excluding carboxylic acids is 1. The van der Waals surface area contributed by atoms with Crippen molar-refractivity contribution in [3.63, 3.8) is 0 Å². The highest BCUT2D eigenvalue weighted by atomic mass is 35.5. The summed E-state index contributed by atoms with van der Waals surface area (Å²) in [6.45, 7) is 4.06. The first-order chi connectivity index (χ1) is 14.5. The Kier molecular flexibility index (Phi) is 5.48. The lowest BCUT2D eigenvalue weighted by atomic mass is 10.1. The molecular formula is C22H20ClN5O2. The number of nitrogens with zero attached hydrogens (tertiary/aromatic N) is 4. The number of amides is 1. The molecule has 4 aromatic rings. The van der Waals surface area contributed by atoms with Crippen LogP contribution < -0.4 is 5.32 Å². The van der Waals surface area contributed by atoms with E-state index in [0.717, 1.165) is 16.7 Å². The average Bonchev–Trinajstić information content (AvgIpc) is 3.09. The van der Waals surface area contributed by atoms with E-state index in [4.69, 9.17) is 16.3 Å². The van der Waals surface area contributed by atoms with Crippen LogP contribution in [0.3, 0.4) is 0 Å². The molecule has 0 unspecified atom stereocenters. The van der Waals surface area contributed by atoms with Gasteiger partial charge in [-0.3, -0.25) is 4.79 Å². The largest absolute Gasteiger partial charge is 0.378 e. The van der Waals surface area contributed by atoms with Gasteiger partial charge in [0.25, 0.3) is 5.91 Å². The summed E-state index contributed by atoms with van der Waals surface area (Å²) in [4.78, 5) is 12.8. The van der Waals surface area contributed by atoms with Gasteiger partial charge in [-0.05, 0) is 43.7 Å². The normalized spacial score (nSPS) is 11.1. The molecule has 1 amide bonds. The topological polar surface area (TPSA) is 81.4 Å². The lowest BCUT2D eigenvalue weighted by Crippen LogP contribution is -2.18. The first kappa shape index (κ1) is 20.0. The van der Waals surface area contributed by atoms with Crippen molar-refractivity contribution in [3.05, 3.63) is 76.2 Å². The minimum Gasteiger partial charge on any atom is -0.378 e. The second kappa shape index (κ2) is 8.22. The predicted octanol–water partition coefficient (Wildman–Crippen LogP) is 4.46. The summed E-state index contributed by atoms with van der Waals surface area (Å²) in [6.07, 6.45) is 0. The van der Waals surface area contributed by atoms with Gasteiger partial charge in [0.15, 0.2) is 11.3 Å². The Labute approximate surface area is 178 Å². The summed E-state index contributed by atoms with van der Waals surface area (Å²) in [6, 6.07) is 15.0. The van der Waals surface area contributed by atoms with Gasteiger partial charge in [0.05, 0.1) is 23.6 Å². The number of halogens is 1. The molecule has 0 saturated heterocycles. The molecule has 2 aromatic carbocycles. The van der Waals surface area contributed by atoms with Crippen LogP contribution in [0, 0.1) is 13.8 Å². The number of hydrogen-bond donors (Lipinski definition) is 1. The third-order valence-electron chi connectivity index (χ3n) is 4.76. The molecular weight excluding hydrogens is 402 g/mol. The zero-order chi connectivity index (χ0) is 21.3. The van der Waals surface area contributed by atoms with Gasteiger partial charge in [0, 0.05) is 17.8 Å². The standard InChI is InChI=1S/C22H20ClN5O2/c1-13-7-9-17(10-8-13)24-22(29)20-14(2)28-21(26-25-20)19(18(27-28)12-30-3)15-5-4-6-16(23)11-15/h4-11H,12H2,1-3H3,(H,24,29). The fraction of sp³-hybridized carbons (Fsp3) is 0.182. The Hall–Kier alpha value is -3.29. The van der Waals surface area contributed by atoms with E-state index in [1.165, 1.54) is 0 Å². The highest BCUT2D eigenvalue weighted by molar-refractivity contribution is 6.30.